The molecule has 1 aromatic rings. The van der Waals surface area contributed by atoms with Crippen LogP contribution in [0.25, 0.3) is 0 Å². The zero-order valence-corrected chi connectivity index (χ0v) is 22.6. The van der Waals surface area contributed by atoms with Gasteiger partial charge in [0.25, 0.3) is 22.4 Å². The molecule has 302 valence electrons. The van der Waals surface area contributed by atoms with Gasteiger partial charge < -0.3 is 30.6 Å². The zero-order chi connectivity index (χ0) is 42.6. The minimum atomic E-state index is -8.69. The number of carboxylic acid groups (broad SMARTS) is 2. The molecule has 0 aromatic heterocycles. The number of aromatic carboxylic acids is 2. The zero-order valence-electron chi connectivity index (χ0n) is 22.6. The third kappa shape index (κ3) is 6.16. The quantitative estimate of drug-likeness (QED) is 0.182. The Kier molecular flexibility index (Phi) is 10.6. The second kappa shape index (κ2) is 11.9. The molecule has 0 radical (unpaired) electrons. The summed E-state index contributed by atoms with van der Waals surface area (Å²) in [5, 5.41) is 57.2. The van der Waals surface area contributed by atoms with E-state index in [4.69, 9.17) is 0 Å². The highest BCUT2D eigenvalue weighted by Crippen LogP contribution is 2.65. The van der Waals surface area contributed by atoms with E-state index in [9.17, 15) is 146 Å². The van der Waals surface area contributed by atoms with Crippen LogP contribution in [0.2, 0.25) is 0 Å². The topological polar surface area (TPSA) is 156 Å². The fourth-order valence-corrected chi connectivity index (χ4v) is 4.40. The molecule has 0 heterocycles. The average molecular weight is 830 g/mol. The van der Waals surface area contributed by atoms with E-state index in [0.717, 1.165) is 0 Å². The summed E-state index contributed by atoms with van der Waals surface area (Å²) in [5.41, 5.74) is -67.7. The van der Waals surface area contributed by atoms with E-state index in [1.807, 2.05) is 0 Å². The number of hydrogen-bond acceptors (Lipinski definition) is 6. The maximum atomic E-state index is 14.0. The predicted octanol–water partition coefficient (Wildman–Crippen LogP) is 6.33. The Morgan fingerprint density at radius 3 is 0.558 bits per heavy atom. The van der Waals surface area contributed by atoms with E-state index in [1.165, 1.54) is 0 Å². The van der Waals surface area contributed by atoms with Crippen molar-refractivity contribution in [1.29, 1.82) is 0 Å². The highest BCUT2D eigenvalue weighted by molar-refractivity contribution is 6.01. The van der Waals surface area contributed by atoms with E-state index in [2.05, 4.69) is 0 Å². The average Bonchev–Trinajstić information content (AvgIpc) is 2.83. The molecule has 52 heavy (non-hydrogen) atoms. The van der Waals surface area contributed by atoms with E-state index < -0.39 is 117 Å². The van der Waals surface area contributed by atoms with Crippen molar-refractivity contribution < 1.29 is 146 Å². The third-order valence-corrected chi connectivity index (χ3v) is 6.66. The molecule has 6 N–H and O–H groups in total. The van der Waals surface area contributed by atoms with E-state index in [1.54, 1.807) is 0 Å². The molecule has 1 aromatic carbocycles. The molecule has 0 atom stereocenters. The number of hydrogen-bond donors (Lipinski definition) is 6. The van der Waals surface area contributed by atoms with Gasteiger partial charge in [-0.2, -0.15) is 105 Å². The fourth-order valence-electron chi connectivity index (χ4n) is 4.40. The van der Waals surface area contributed by atoms with Crippen LogP contribution in [0, 0.1) is 0 Å². The van der Waals surface area contributed by atoms with Gasteiger partial charge in [0.1, 0.15) is 0 Å². The largest absolute Gasteiger partial charge is 0.478 e. The summed E-state index contributed by atoms with van der Waals surface area (Å²) in [7, 11) is 0. The van der Waals surface area contributed by atoms with E-state index >= 15 is 0 Å². The van der Waals surface area contributed by atoms with Crippen molar-refractivity contribution >= 4 is 11.9 Å². The molecular weight excluding hydrogens is 824 g/mol. The Morgan fingerprint density at radius 2 is 0.423 bits per heavy atom. The lowest BCUT2D eigenvalue weighted by Gasteiger charge is -2.46. The summed E-state index contributed by atoms with van der Waals surface area (Å²) < 4.78 is 336. The fraction of sp³-hybridized carbons (Fsp3) is 0.600. The first-order valence-corrected chi connectivity index (χ1v) is 11.3. The Balaban J connectivity index is 6.18. The normalized spacial score (nSPS) is 15.6. The maximum absolute atomic E-state index is 14.0. The van der Waals surface area contributed by atoms with Crippen LogP contribution < -0.4 is 0 Å². The lowest BCUT2D eigenvalue weighted by Crippen LogP contribution is -2.64. The Hall–Kier alpha value is -3.68. The Morgan fingerprint density at radius 1 is 0.288 bits per heavy atom. The molecule has 0 unspecified atom stereocenters. The highest BCUT2D eigenvalue weighted by Gasteiger charge is 2.84. The van der Waals surface area contributed by atoms with Crippen molar-refractivity contribution in [3.63, 3.8) is 0 Å². The van der Waals surface area contributed by atoms with Crippen LogP contribution in [0.5, 0.6) is 0 Å². The number of rotatable bonds is 6. The van der Waals surface area contributed by atoms with Gasteiger partial charge >= 0.3 is 61.3 Å². The van der Waals surface area contributed by atoms with Crippen LogP contribution in [0.15, 0.2) is 0 Å². The SMILES string of the molecule is O=C(O)c1c(C(O)(C(F)(F)F)C(F)(F)F)c(C(=O)O)c(C(O)(C(F)(F)F)C(F)(F)F)c(C(O)(C(F)(F)F)C(F)(F)F)c1C(O)(C(F)(F)F)C(F)(F)F. The standard InChI is InChI=1S/C20H6F24O8/c21-13(22,23)9(49,14(24,25)26)3-1(7(45)46)4(10(50,15(27,28)29)16(30,31)32)6(12(52,19(39,40)41)20(42,43)44)5(2(3)8(47)48)11(51,17(33,34)35)18(36,37)38/h49-52H,(H,45,46)(H,47,48). The number of aliphatic hydroxyl groups is 4. The highest BCUT2D eigenvalue weighted by atomic mass is 19.4. The second-order valence-corrected chi connectivity index (χ2v) is 9.68. The predicted molar refractivity (Wildman–Crippen MR) is 104 cm³/mol. The van der Waals surface area contributed by atoms with E-state index in [-0.39, 0.29) is 0 Å². The molecule has 8 nitrogen and oxygen atoms in total. The lowest BCUT2D eigenvalue weighted by molar-refractivity contribution is -0.394. The summed E-state index contributed by atoms with van der Waals surface area (Å²) in [5.74, 6) is -9.73. The molecule has 0 aliphatic carbocycles. The lowest BCUT2D eigenvalue weighted by atomic mass is 9.66. The summed E-state index contributed by atoms with van der Waals surface area (Å²) >= 11 is 0. The van der Waals surface area contributed by atoms with Gasteiger partial charge in [0.05, 0.1) is 11.1 Å². The smallest absolute Gasteiger partial charge is 0.430 e. The van der Waals surface area contributed by atoms with Gasteiger partial charge in [0.2, 0.25) is 0 Å². The summed E-state index contributed by atoms with van der Waals surface area (Å²) in [6.45, 7) is 0. The van der Waals surface area contributed by atoms with Gasteiger partial charge in [-0.3, -0.25) is 0 Å². The maximum Gasteiger partial charge on any atom is 0.430 e. The van der Waals surface area contributed by atoms with Crippen LogP contribution in [0.4, 0.5) is 105 Å². The first kappa shape index (κ1) is 46.3. The van der Waals surface area contributed by atoms with Gasteiger partial charge in [-0.1, -0.05) is 0 Å². The molecule has 0 fully saturated rings. The van der Waals surface area contributed by atoms with Crippen molar-refractivity contribution in [2.75, 3.05) is 0 Å². The molecule has 0 aliphatic heterocycles. The van der Waals surface area contributed by atoms with Crippen molar-refractivity contribution in [3.8, 4) is 0 Å². The Labute approximate surface area is 264 Å². The molecule has 0 saturated carbocycles. The Bertz CT molecular complexity index is 1450. The first-order valence-electron chi connectivity index (χ1n) is 11.3. The third-order valence-electron chi connectivity index (χ3n) is 6.66. The molecule has 0 aliphatic rings. The van der Waals surface area contributed by atoms with Crippen LogP contribution in [0.3, 0.4) is 0 Å². The first-order chi connectivity index (χ1) is 22.1. The molecular formula is C20H6F24O8. The molecule has 0 saturated heterocycles. The molecule has 1 rings (SSSR count). The summed E-state index contributed by atoms with van der Waals surface area (Å²) in [6.07, 6.45) is -68.8. The molecule has 0 spiro atoms. The van der Waals surface area contributed by atoms with Crippen LogP contribution in [0.1, 0.15) is 43.0 Å². The summed E-state index contributed by atoms with van der Waals surface area (Å²) in [4.78, 5) is 23.8. The van der Waals surface area contributed by atoms with Gasteiger partial charge in [-0.25, -0.2) is 9.59 Å². The molecule has 32 heteroatoms. The van der Waals surface area contributed by atoms with Crippen molar-refractivity contribution in [2.24, 2.45) is 0 Å². The van der Waals surface area contributed by atoms with Crippen LogP contribution in [-0.2, 0) is 22.4 Å². The molecule has 0 bridgehead atoms. The second-order valence-electron chi connectivity index (χ2n) is 9.68. The van der Waals surface area contributed by atoms with Crippen LogP contribution in [-0.4, -0.2) is 92.0 Å². The van der Waals surface area contributed by atoms with Crippen molar-refractivity contribution in [3.05, 3.63) is 33.4 Å². The molecule has 0 amide bonds. The number of alkyl halides is 24. The summed E-state index contributed by atoms with van der Waals surface area (Å²) in [6, 6.07) is 0. The number of carboxylic acids is 2. The van der Waals surface area contributed by atoms with Crippen LogP contribution >= 0.6 is 0 Å². The van der Waals surface area contributed by atoms with E-state index in [0.29, 0.717) is 0 Å². The van der Waals surface area contributed by atoms with Gasteiger partial charge in [0, 0.05) is 22.3 Å². The minimum Gasteiger partial charge on any atom is -0.478 e. The number of benzene rings is 1. The van der Waals surface area contributed by atoms with Crippen molar-refractivity contribution in [1.82, 2.24) is 0 Å². The van der Waals surface area contributed by atoms with Crippen molar-refractivity contribution in [2.45, 2.75) is 71.8 Å². The van der Waals surface area contributed by atoms with Gasteiger partial charge in [-0.05, 0) is 0 Å². The monoisotopic (exact) mass is 830 g/mol. The number of halogens is 24. The number of carbonyl (C=O) groups is 2. The minimum absolute atomic E-state index is 4.87. The van der Waals surface area contributed by atoms with Gasteiger partial charge in [0.15, 0.2) is 0 Å². The van der Waals surface area contributed by atoms with Gasteiger partial charge in [-0.15, -0.1) is 0 Å².